The van der Waals surface area contributed by atoms with Gasteiger partial charge in [0.15, 0.2) is 23.1 Å². The van der Waals surface area contributed by atoms with Crippen molar-refractivity contribution < 1.29 is 4.42 Å². The first-order valence-corrected chi connectivity index (χ1v) is 18.8. The first-order chi connectivity index (χ1) is 26.0. The maximum absolute atomic E-state index is 6.87. The minimum absolute atomic E-state index is 0.629. The molecular weight excluding hydrogens is 649 g/mol. The summed E-state index contributed by atoms with van der Waals surface area (Å²) in [6, 6.07) is 30.0. The molecule has 3 heterocycles. The van der Waals surface area contributed by atoms with Crippen LogP contribution in [-0.2, 0) is 0 Å². The summed E-state index contributed by atoms with van der Waals surface area (Å²) in [6.45, 7) is 0. The van der Waals surface area contributed by atoms with Crippen molar-refractivity contribution in [1.82, 2.24) is 19.5 Å². The van der Waals surface area contributed by atoms with Crippen LogP contribution in [0.15, 0.2) is 89.3 Å². The minimum Gasteiger partial charge on any atom is -0.454 e. The van der Waals surface area contributed by atoms with Crippen LogP contribution in [0.25, 0.3) is 83.6 Å². The highest BCUT2D eigenvalue weighted by molar-refractivity contribution is 6.69. The Balaban J connectivity index is 1.29. The van der Waals surface area contributed by atoms with Crippen LogP contribution < -0.4 is 54.6 Å². The van der Waals surface area contributed by atoms with Crippen molar-refractivity contribution >= 4 is 177 Å². The monoisotopic (exact) mass is 684 g/mol. The molecule has 0 aliphatic rings. The van der Waals surface area contributed by atoms with Gasteiger partial charge in [-0.15, -0.1) is 32.8 Å². The first-order valence-electron chi connectivity index (χ1n) is 18.8. The molecule has 0 aliphatic heterocycles. The number of aromatic nitrogens is 4. The third-order valence-electron chi connectivity index (χ3n) is 12.6. The normalized spacial score (nSPS) is 11.7. The lowest BCUT2D eigenvalue weighted by atomic mass is 9.60. The Kier molecular flexibility index (Phi) is 8.00. The fourth-order valence-corrected chi connectivity index (χ4v) is 8.68. The molecule has 0 amide bonds. The lowest BCUT2D eigenvalue weighted by Crippen LogP contribution is -2.55. The SMILES string of the molecule is Bc1c(B)c(B)c(-c2nc(-c3ccc4c(c3)oc3c(-n5c6ccccc6c6ccccc65)cccc34)nc(-c3c(B)c(B)c(B)c(B)c3B)n2)c(B)c1B. The molecule has 3 aromatic heterocycles. The van der Waals surface area contributed by atoms with E-state index in [0.29, 0.717) is 17.5 Å². The van der Waals surface area contributed by atoms with E-state index in [1.807, 2.05) is 0 Å². The Morgan fingerprint density at radius 1 is 0.407 bits per heavy atom. The lowest BCUT2D eigenvalue weighted by molar-refractivity contribution is 0.666. The fourth-order valence-electron chi connectivity index (χ4n) is 8.68. The number of furan rings is 1. The van der Waals surface area contributed by atoms with E-state index in [0.717, 1.165) is 55.3 Å². The lowest BCUT2D eigenvalue weighted by Gasteiger charge is -2.22. The molecule has 246 valence electrons. The van der Waals surface area contributed by atoms with Crippen LogP contribution in [0.5, 0.6) is 0 Å². The summed E-state index contributed by atoms with van der Waals surface area (Å²) < 4.78 is 9.20. The molecule has 0 N–H and O–H groups in total. The summed E-state index contributed by atoms with van der Waals surface area (Å²) in [4.78, 5) is 15.9. The molecule has 54 heavy (non-hydrogen) atoms. The molecule has 15 heteroatoms. The van der Waals surface area contributed by atoms with Crippen molar-refractivity contribution in [3.8, 4) is 39.9 Å². The Morgan fingerprint density at radius 2 is 0.852 bits per heavy atom. The zero-order chi connectivity index (χ0) is 37.7. The standard InChI is InChI=1S/C39H34B10N4O/c40-26-24(27(41)31(45)34(48)30(26)44)38-50-37(51-39(52-38)25-28(42)32(46)35(49)33(47)29(25)43)15-12-13-18-19-8-5-11-22(36(19)54-23(18)14-15)53-20-9-3-1-6-16(20)17-7-2-4-10-21(17)53/h1-14H,40-49H2. The van der Waals surface area contributed by atoms with Crippen LogP contribution in [0.3, 0.4) is 0 Å². The molecule has 0 atom stereocenters. The van der Waals surface area contributed by atoms with Crippen LogP contribution in [0, 0.1) is 0 Å². The number of fused-ring (bicyclic) bond motifs is 6. The van der Waals surface area contributed by atoms with E-state index < -0.39 is 0 Å². The number of rotatable bonds is 4. The zero-order valence-corrected chi connectivity index (χ0v) is 32.8. The molecule has 0 unspecified atom stereocenters. The van der Waals surface area contributed by atoms with E-state index in [-0.39, 0.29) is 0 Å². The molecule has 0 saturated heterocycles. The first kappa shape index (κ1) is 34.4. The van der Waals surface area contributed by atoms with Crippen molar-refractivity contribution in [1.29, 1.82) is 0 Å². The van der Waals surface area contributed by atoms with Gasteiger partial charge in [-0.25, -0.2) is 15.0 Å². The molecule has 0 spiro atoms. The Labute approximate surface area is 324 Å². The average Bonchev–Trinajstić information content (AvgIpc) is 3.73. The third-order valence-corrected chi connectivity index (χ3v) is 12.6. The van der Waals surface area contributed by atoms with Gasteiger partial charge in [0.2, 0.25) is 0 Å². The van der Waals surface area contributed by atoms with Crippen molar-refractivity contribution in [3.05, 3.63) is 84.9 Å². The van der Waals surface area contributed by atoms with Crippen LogP contribution in [-0.4, -0.2) is 98.0 Å². The molecule has 0 aliphatic carbocycles. The van der Waals surface area contributed by atoms with Crippen LogP contribution in [0.1, 0.15) is 0 Å². The van der Waals surface area contributed by atoms with Gasteiger partial charge in [-0.05, 0) is 30.3 Å². The average molecular weight is 683 g/mol. The van der Waals surface area contributed by atoms with Crippen LogP contribution in [0.4, 0.5) is 0 Å². The predicted octanol–water partition coefficient (Wildman–Crippen LogP) is -7.55. The van der Waals surface area contributed by atoms with Crippen LogP contribution >= 0.6 is 0 Å². The zero-order valence-electron chi connectivity index (χ0n) is 32.8. The van der Waals surface area contributed by atoms with E-state index in [2.05, 4.69) is 168 Å². The summed E-state index contributed by atoms with van der Waals surface area (Å²) in [6.07, 6.45) is 0. The number of hydrogen-bond donors (Lipinski definition) is 0. The molecule has 0 bridgehead atoms. The van der Waals surface area contributed by atoms with E-state index in [1.54, 1.807) is 0 Å². The van der Waals surface area contributed by atoms with Gasteiger partial charge in [0.1, 0.15) is 84.0 Å². The van der Waals surface area contributed by atoms with Gasteiger partial charge in [0.25, 0.3) is 0 Å². The van der Waals surface area contributed by atoms with Crippen molar-refractivity contribution in [3.63, 3.8) is 0 Å². The molecule has 0 fully saturated rings. The van der Waals surface area contributed by atoms with E-state index >= 15 is 0 Å². The molecule has 9 aromatic rings. The molecular formula is C39H34B10N4O. The minimum atomic E-state index is 0.629. The van der Waals surface area contributed by atoms with Gasteiger partial charge < -0.3 is 8.98 Å². The molecule has 9 rings (SSSR count). The molecule has 5 nitrogen and oxygen atoms in total. The summed E-state index contributed by atoms with van der Waals surface area (Å²) in [5.41, 5.74) is 20.5. The van der Waals surface area contributed by atoms with Gasteiger partial charge in [-0.3, -0.25) is 0 Å². The Bertz CT molecular complexity index is 2880. The van der Waals surface area contributed by atoms with Gasteiger partial charge >= 0.3 is 0 Å². The maximum Gasteiger partial charge on any atom is 0.164 e. The number of nitrogens with zero attached hydrogens (tertiary/aromatic N) is 4. The van der Waals surface area contributed by atoms with Crippen molar-refractivity contribution in [2.75, 3.05) is 0 Å². The quantitative estimate of drug-likeness (QED) is 0.173. The largest absolute Gasteiger partial charge is 0.454 e. The highest BCUT2D eigenvalue weighted by atomic mass is 16.3. The topological polar surface area (TPSA) is 56.7 Å². The smallest absolute Gasteiger partial charge is 0.164 e. The van der Waals surface area contributed by atoms with Gasteiger partial charge in [-0.1, -0.05) is 76.4 Å². The summed E-state index contributed by atoms with van der Waals surface area (Å²) in [7, 11) is 22.0. The predicted molar refractivity (Wildman–Crippen MR) is 260 cm³/mol. The van der Waals surface area contributed by atoms with Crippen molar-refractivity contribution in [2.24, 2.45) is 0 Å². The maximum atomic E-state index is 6.87. The van der Waals surface area contributed by atoms with Crippen LogP contribution in [0.2, 0.25) is 0 Å². The Morgan fingerprint density at radius 3 is 1.37 bits per heavy atom. The summed E-state index contributed by atoms with van der Waals surface area (Å²) in [5, 5.41) is 4.57. The van der Waals surface area contributed by atoms with Gasteiger partial charge in [0, 0.05) is 38.2 Å². The second-order valence-electron chi connectivity index (χ2n) is 15.1. The van der Waals surface area contributed by atoms with Crippen molar-refractivity contribution in [2.45, 2.75) is 0 Å². The molecule has 0 saturated carbocycles. The highest BCUT2D eigenvalue weighted by Crippen LogP contribution is 2.38. The second kappa shape index (κ2) is 12.6. The fraction of sp³-hybridized carbons (Fsp3) is 0. The Hall–Kier alpha value is -5.42. The number of hydrogen-bond acceptors (Lipinski definition) is 4. The molecule has 6 aromatic carbocycles. The summed E-state index contributed by atoms with van der Waals surface area (Å²) in [5.74, 6) is 2.03. The second-order valence-corrected chi connectivity index (χ2v) is 15.1. The molecule has 0 radical (unpaired) electrons. The highest BCUT2D eigenvalue weighted by Gasteiger charge is 2.23. The van der Waals surface area contributed by atoms with E-state index in [1.165, 1.54) is 65.4 Å². The number of benzene rings is 6. The number of para-hydroxylation sites is 3. The van der Waals surface area contributed by atoms with Gasteiger partial charge in [0.05, 0.1) is 16.7 Å². The third kappa shape index (κ3) is 4.97. The summed E-state index contributed by atoms with van der Waals surface area (Å²) >= 11 is 0. The van der Waals surface area contributed by atoms with E-state index in [4.69, 9.17) is 19.4 Å². The van der Waals surface area contributed by atoms with Gasteiger partial charge in [-0.2, -0.15) is 0 Å². The van der Waals surface area contributed by atoms with E-state index in [9.17, 15) is 0 Å².